The fourth-order valence-corrected chi connectivity index (χ4v) is 3.41. The molecule has 1 aliphatic rings. The number of hydrogen-bond acceptors (Lipinski definition) is 5. The maximum absolute atomic E-state index is 12.9. The van der Waals surface area contributed by atoms with Gasteiger partial charge in [0.15, 0.2) is 11.5 Å². The van der Waals surface area contributed by atoms with Crippen LogP contribution in [-0.4, -0.2) is 38.3 Å². The monoisotopic (exact) mass is 340 g/mol. The minimum atomic E-state index is -0.106. The standard InChI is InChI=1S/C18H20N4O3/c1-12-9-13(2)22(19-12)11-14-5-3-7-21(14)18(23)15-10-17(25-20-15)16-6-4-8-24-16/h4,6,8-10,14H,3,5,7,11H2,1-2H3/t14-/m1/s1. The van der Waals surface area contributed by atoms with Crippen LogP contribution in [0.5, 0.6) is 0 Å². The molecule has 0 N–H and O–H groups in total. The lowest BCUT2D eigenvalue weighted by Gasteiger charge is -2.24. The first-order chi connectivity index (χ1) is 12.1. The highest BCUT2D eigenvalue weighted by Crippen LogP contribution is 2.25. The average Bonchev–Trinajstić information content (AvgIpc) is 3.34. The minimum Gasteiger partial charge on any atom is -0.461 e. The van der Waals surface area contributed by atoms with E-state index in [2.05, 4.69) is 10.3 Å². The lowest BCUT2D eigenvalue weighted by atomic mass is 10.2. The van der Waals surface area contributed by atoms with Crippen molar-refractivity contribution in [1.82, 2.24) is 19.8 Å². The number of rotatable bonds is 4. The summed E-state index contributed by atoms with van der Waals surface area (Å²) in [5.74, 6) is 0.917. The van der Waals surface area contributed by atoms with Gasteiger partial charge in [0.2, 0.25) is 5.76 Å². The molecule has 0 aliphatic carbocycles. The molecular formula is C18H20N4O3. The smallest absolute Gasteiger partial charge is 0.276 e. The van der Waals surface area contributed by atoms with Gasteiger partial charge in [-0.15, -0.1) is 0 Å². The van der Waals surface area contributed by atoms with Crippen LogP contribution in [0.15, 0.2) is 39.5 Å². The predicted molar refractivity (Wildman–Crippen MR) is 90.0 cm³/mol. The van der Waals surface area contributed by atoms with Crippen molar-refractivity contribution < 1.29 is 13.7 Å². The van der Waals surface area contributed by atoms with Crippen LogP contribution >= 0.6 is 0 Å². The molecule has 0 unspecified atom stereocenters. The number of hydrogen-bond donors (Lipinski definition) is 0. The van der Waals surface area contributed by atoms with E-state index in [-0.39, 0.29) is 11.9 Å². The number of likely N-dealkylation sites (tertiary alicyclic amines) is 1. The van der Waals surface area contributed by atoms with Crippen molar-refractivity contribution in [2.45, 2.75) is 39.3 Å². The molecule has 1 aliphatic heterocycles. The number of amides is 1. The van der Waals surface area contributed by atoms with E-state index in [1.54, 1.807) is 24.5 Å². The summed E-state index contributed by atoms with van der Waals surface area (Å²) in [4.78, 5) is 14.7. The summed E-state index contributed by atoms with van der Waals surface area (Å²) < 4.78 is 12.5. The molecule has 0 aromatic carbocycles. The fourth-order valence-electron chi connectivity index (χ4n) is 3.41. The van der Waals surface area contributed by atoms with Gasteiger partial charge in [0, 0.05) is 18.3 Å². The highest BCUT2D eigenvalue weighted by atomic mass is 16.5. The van der Waals surface area contributed by atoms with Crippen LogP contribution in [0.1, 0.15) is 34.7 Å². The van der Waals surface area contributed by atoms with Crippen LogP contribution < -0.4 is 0 Å². The maximum Gasteiger partial charge on any atom is 0.276 e. The lowest BCUT2D eigenvalue weighted by Crippen LogP contribution is -2.38. The summed E-state index contributed by atoms with van der Waals surface area (Å²) in [6.07, 6.45) is 3.51. The van der Waals surface area contributed by atoms with E-state index in [4.69, 9.17) is 8.94 Å². The molecule has 4 heterocycles. The maximum atomic E-state index is 12.9. The van der Waals surface area contributed by atoms with Crippen molar-refractivity contribution >= 4 is 5.91 Å². The SMILES string of the molecule is Cc1cc(C)n(C[C@H]2CCCN2C(=O)c2cc(-c3ccco3)on2)n1. The van der Waals surface area contributed by atoms with E-state index in [0.717, 1.165) is 30.8 Å². The third kappa shape index (κ3) is 2.97. The number of carbonyl (C=O) groups excluding carboxylic acids is 1. The van der Waals surface area contributed by atoms with E-state index >= 15 is 0 Å². The molecule has 130 valence electrons. The Bertz CT molecular complexity index is 878. The third-order valence-corrected chi connectivity index (χ3v) is 4.62. The first-order valence-corrected chi connectivity index (χ1v) is 8.44. The van der Waals surface area contributed by atoms with E-state index in [1.165, 1.54) is 0 Å². The molecule has 0 radical (unpaired) electrons. The summed E-state index contributed by atoms with van der Waals surface area (Å²) in [6, 6.07) is 7.35. The predicted octanol–water partition coefficient (Wildman–Crippen LogP) is 3.05. The minimum absolute atomic E-state index is 0.106. The van der Waals surface area contributed by atoms with Crippen molar-refractivity contribution in [1.29, 1.82) is 0 Å². The van der Waals surface area contributed by atoms with Gasteiger partial charge in [-0.3, -0.25) is 9.48 Å². The number of nitrogens with zero attached hydrogens (tertiary/aromatic N) is 4. The Morgan fingerprint density at radius 2 is 2.20 bits per heavy atom. The highest BCUT2D eigenvalue weighted by Gasteiger charge is 2.32. The zero-order valence-electron chi connectivity index (χ0n) is 14.3. The molecule has 0 bridgehead atoms. The van der Waals surface area contributed by atoms with Crippen molar-refractivity contribution in [3.05, 3.63) is 47.6 Å². The van der Waals surface area contributed by atoms with Gasteiger partial charge in [0.25, 0.3) is 5.91 Å². The van der Waals surface area contributed by atoms with Gasteiger partial charge in [0.05, 0.1) is 24.5 Å². The summed E-state index contributed by atoms with van der Waals surface area (Å²) in [6.45, 7) is 5.45. The zero-order valence-corrected chi connectivity index (χ0v) is 14.3. The van der Waals surface area contributed by atoms with E-state index in [1.807, 2.05) is 29.5 Å². The zero-order chi connectivity index (χ0) is 17.4. The van der Waals surface area contributed by atoms with Crippen LogP contribution in [-0.2, 0) is 6.54 Å². The summed E-state index contributed by atoms with van der Waals surface area (Å²) in [7, 11) is 0. The van der Waals surface area contributed by atoms with Crippen molar-refractivity contribution in [2.75, 3.05) is 6.54 Å². The molecule has 1 fully saturated rings. The summed E-state index contributed by atoms with van der Waals surface area (Å²) >= 11 is 0. The first-order valence-electron chi connectivity index (χ1n) is 8.44. The topological polar surface area (TPSA) is 77.3 Å². The van der Waals surface area contributed by atoms with Gasteiger partial charge in [-0.2, -0.15) is 5.10 Å². The molecule has 1 saturated heterocycles. The third-order valence-electron chi connectivity index (χ3n) is 4.62. The number of carbonyl (C=O) groups is 1. The normalized spacial score (nSPS) is 17.4. The molecule has 1 amide bonds. The van der Waals surface area contributed by atoms with Gasteiger partial charge < -0.3 is 13.8 Å². The van der Waals surface area contributed by atoms with E-state index in [0.29, 0.717) is 23.8 Å². The van der Waals surface area contributed by atoms with Crippen LogP contribution in [0.2, 0.25) is 0 Å². The second kappa shape index (κ2) is 6.23. The van der Waals surface area contributed by atoms with Crippen LogP contribution in [0.3, 0.4) is 0 Å². The van der Waals surface area contributed by atoms with E-state index < -0.39 is 0 Å². The first kappa shape index (κ1) is 15.7. The Kier molecular flexibility index (Phi) is 3.91. The molecule has 0 saturated carbocycles. The second-order valence-electron chi connectivity index (χ2n) is 6.46. The molecule has 1 atom stereocenters. The van der Waals surface area contributed by atoms with Gasteiger partial charge >= 0.3 is 0 Å². The van der Waals surface area contributed by atoms with Crippen molar-refractivity contribution in [2.24, 2.45) is 0 Å². The average molecular weight is 340 g/mol. The van der Waals surface area contributed by atoms with Gasteiger partial charge in [-0.05, 0) is 44.9 Å². The van der Waals surface area contributed by atoms with Gasteiger partial charge in [0.1, 0.15) is 0 Å². The number of furan rings is 1. The number of aromatic nitrogens is 3. The molecule has 3 aromatic rings. The molecule has 0 spiro atoms. The van der Waals surface area contributed by atoms with Crippen LogP contribution in [0.4, 0.5) is 0 Å². The molecule has 7 nitrogen and oxygen atoms in total. The fraction of sp³-hybridized carbons (Fsp3) is 0.389. The molecular weight excluding hydrogens is 320 g/mol. The molecule has 3 aromatic heterocycles. The lowest BCUT2D eigenvalue weighted by molar-refractivity contribution is 0.0710. The molecule has 7 heteroatoms. The summed E-state index contributed by atoms with van der Waals surface area (Å²) in [5, 5.41) is 8.44. The van der Waals surface area contributed by atoms with Gasteiger partial charge in [-0.1, -0.05) is 5.16 Å². The Labute approximate surface area is 145 Å². The second-order valence-corrected chi connectivity index (χ2v) is 6.46. The van der Waals surface area contributed by atoms with Gasteiger partial charge in [-0.25, -0.2) is 0 Å². The van der Waals surface area contributed by atoms with Crippen LogP contribution in [0, 0.1) is 13.8 Å². The number of aryl methyl sites for hydroxylation is 2. The summed E-state index contributed by atoms with van der Waals surface area (Å²) in [5.41, 5.74) is 2.41. The highest BCUT2D eigenvalue weighted by molar-refractivity contribution is 5.93. The Balaban J connectivity index is 1.52. The quantitative estimate of drug-likeness (QED) is 0.729. The van der Waals surface area contributed by atoms with Crippen molar-refractivity contribution in [3.63, 3.8) is 0 Å². The largest absolute Gasteiger partial charge is 0.461 e. The molecule has 25 heavy (non-hydrogen) atoms. The van der Waals surface area contributed by atoms with Crippen LogP contribution in [0.25, 0.3) is 11.5 Å². The Morgan fingerprint density at radius 1 is 1.32 bits per heavy atom. The Hall–Kier alpha value is -2.83. The van der Waals surface area contributed by atoms with E-state index in [9.17, 15) is 4.79 Å². The molecule has 4 rings (SSSR count). The Morgan fingerprint density at radius 3 is 2.92 bits per heavy atom. The van der Waals surface area contributed by atoms with Crippen molar-refractivity contribution in [3.8, 4) is 11.5 Å².